The van der Waals surface area contributed by atoms with E-state index in [2.05, 4.69) is 45.6 Å². The van der Waals surface area contributed by atoms with Crippen LogP contribution in [0.5, 0.6) is 5.75 Å². The molecular weight excluding hydrogens is 526 g/mol. The molecule has 3 aliphatic carbocycles. The molecule has 6 heteroatoms. The summed E-state index contributed by atoms with van der Waals surface area (Å²) in [7, 11) is 0. The van der Waals surface area contributed by atoms with Crippen LogP contribution in [0.2, 0.25) is 0 Å². The van der Waals surface area contributed by atoms with Crippen LogP contribution in [0.4, 0.5) is 0 Å². The Hall–Kier alpha value is -3.93. The first-order valence-electron chi connectivity index (χ1n) is 15.2. The minimum absolute atomic E-state index is 0.124. The summed E-state index contributed by atoms with van der Waals surface area (Å²) in [4.78, 5) is 40.8. The van der Waals surface area contributed by atoms with E-state index in [1.807, 2.05) is 6.07 Å². The lowest BCUT2D eigenvalue weighted by Crippen LogP contribution is -2.43. The summed E-state index contributed by atoms with van der Waals surface area (Å²) in [6, 6.07) is 8.81. The number of carbonyl (C=O) groups excluding carboxylic acids is 3. The molecule has 6 rings (SSSR count). The van der Waals surface area contributed by atoms with Gasteiger partial charge in [0.2, 0.25) is 0 Å². The molecule has 0 saturated heterocycles. The number of rotatable bonds is 8. The zero-order valence-corrected chi connectivity index (χ0v) is 24.8. The molecule has 42 heavy (non-hydrogen) atoms. The fourth-order valence-corrected chi connectivity index (χ4v) is 7.37. The number of fused-ring (bicyclic) bond motifs is 3. The molecule has 0 radical (unpaired) electrons. The molecule has 3 unspecified atom stereocenters. The molecule has 0 aromatic heterocycles. The minimum Gasteiger partial charge on any atom is -0.489 e. The van der Waals surface area contributed by atoms with Crippen LogP contribution in [-0.4, -0.2) is 42.4 Å². The normalized spacial score (nSPS) is 24.9. The average molecular weight is 566 g/mol. The summed E-state index contributed by atoms with van der Waals surface area (Å²) in [5.74, 6) is 0.855. The van der Waals surface area contributed by atoms with E-state index in [9.17, 15) is 14.4 Å². The van der Waals surface area contributed by atoms with Crippen LogP contribution < -0.4 is 4.74 Å². The molecule has 0 spiro atoms. The number of benzene rings is 2. The molecule has 2 amide bonds. The van der Waals surface area contributed by atoms with Gasteiger partial charge >= 0.3 is 5.97 Å². The van der Waals surface area contributed by atoms with Crippen molar-refractivity contribution in [3.63, 3.8) is 0 Å². The largest absolute Gasteiger partial charge is 0.489 e. The van der Waals surface area contributed by atoms with Crippen molar-refractivity contribution in [3.8, 4) is 5.75 Å². The Morgan fingerprint density at radius 2 is 1.90 bits per heavy atom. The van der Waals surface area contributed by atoms with E-state index in [0.29, 0.717) is 39.5 Å². The topological polar surface area (TPSA) is 72.9 Å². The van der Waals surface area contributed by atoms with Crippen LogP contribution in [-0.2, 0) is 9.53 Å². The van der Waals surface area contributed by atoms with Gasteiger partial charge in [-0.05, 0) is 74.6 Å². The summed E-state index contributed by atoms with van der Waals surface area (Å²) in [6.45, 7) is 10.7. The predicted molar refractivity (Wildman–Crippen MR) is 163 cm³/mol. The summed E-state index contributed by atoms with van der Waals surface area (Å²) in [5.41, 5.74) is 4.75. The Morgan fingerprint density at radius 1 is 1.12 bits per heavy atom. The monoisotopic (exact) mass is 565 g/mol. The van der Waals surface area contributed by atoms with Gasteiger partial charge in [-0.1, -0.05) is 61.4 Å². The number of carbonyl (C=O) groups is 3. The van der Waals surface area contributed by atoms with Gasteiger partial charge < -0.3 is 9.47 Å². The summed E-state index contributed by atoms with van der Waals surface area (Å²) >= 11 is 0. The highest BCUT2D eigenvalue weighted by molar-refractivity contribution is 6.26. The van der Waals surface area contributed by atoms with Crippen molar-refractivity contribution < 1.29 is 23.9 Å². The highest BCUT2D eigenvalue weighted by Gasteiger charge is 2.48. The van der Waals surface area contributed by atoms with Crippen molar-refractivity contribution in [2.24, 2.45) is 23.2 Å². The molecule has 0 bridgehead atoms. The van der Waals surface area contributed by atoms with Crippen LogP contribution in [0, 0.1) is 23.2 Å². The maximum atomic E-state index is 13.6. The molecule has 4 aliphatic rings. The third-order valence-corrected chi connectivity index (χ3v) is 9.73. The average Bonchev–Trinajstić information content (AvgIpc) is 3.00. The number of amides is 2. The lowest BCUT2D eigenvalue weighted by atomic mass is 9.58. The van der Waals surface area contributed by atoms with Crippen molar-refractivity contribution in [1.29, 1.82) is 0 Å². The Bertz CT molecular complexity index is 1550. The third-order valence-electron chi connectivity index (χ3n) is 9.73. The molecule has 1 heterocycles. The molecule has 6 nitrogen and oxygen atoms in total. The van der Waals surface area contributed by atoms with Gasteiger partial charge in [0.15, 0.2) is 0 Å². The van der Waals surface area contributed by atoms with Crippen LogP contribution in [0.1, 0.15) is 73.6 Å². The first kappa shape index (κ1) is 28.2. The summed E-state index contributed by atoms with van der Waals surface area (Å²) < 4.78 is 11.9. The molecule has 0 N–H and O–H groups in total. The van der Waals surface area contributed by atoms with Crippen molar-refractivity contribution in [2.75, 3.05) is 19.8 Å². The van der Waals surface area contributed by atoms with Crippen molar-refractivity contribution in [2.45, 2.75) is 52.9 Å². The number of nitrogens with zero attached hydrogens (tertiary/aromatic N) is 1. The van der Waals surface area contributed by atoms with Gasteiger partial charge in [-0.3, -0.25) is 19.3 Å². The number of imide groups is 1. The van der Waals surface area contributed by atoms with E-state index in [4.69, 9.17) is 9.47 Å². The Balaban J connectivity index is 1.13. The molecule has 0 saturated carbocycles. The highest BCUT2D eigenvalue weighted by atomic mass is 16.6. The number of allylic oxidation sites excluding steroid dienone is 6. The van der Waals surface area contributed by atoms with Gasteiger partial charge in [-0.2, -0.15) is 0 Å². The van der Waals surface area contributed by atoms with Crippen LogP contribution in [0.25, 0.3) is 10.8 Å². The molecule has 0 fully saturated rings. The van der Waals surface area contributed by atoms with Crippen LogP contribution in [0.3, 0.4) is 0 Å². The standard InChI is InChI=1S/C36H39NO5/c1-5-18-37-33(38)28-9-6-8-27-31(16-14-29(32(27)28)34(37)39)41-19-20-42-35(40)36(4)17-7-10-26-25-13-11-23(22(2)3)21-24(25)12-15-30(26)36/h5-6,8-10,12,14,16,21-22,25,30H,1,7,11,13,15,17-20H2,2-4H3. The molecule has 1 aliphatic heterocycles. The maximum absolute atomic E-state index is 13.6. The van der Waals surface area contributed by atoms with Gasteiger partial charge in [0.25, 0.3) is 11.8 Å². The van der Waals surface area contributed by atoms with E-state index < -0.39 is 5.41 Å². The number of hydrogen-bond donors (Lipinski definition) is 0. The van der Waals surface area contributed by atoms with Crippen LogP contribution >= 0.6 is 0 Å². The second-order valence-electron chi connectivity index (χ2n) is 12.5. The van der Waals surface area contributed by atoms with Crippen molar-refractivity contribution in [3.05, 3.63) is 89.1 Å². The Kier molecular flexibility index (Phi) is 7.42. The van der Waals surface area contributed by atoms with Gasteiger partial charge in [0, 0.05) is 34.4 Å². The summed E-state index contributed by atoms with van der Waals surface area (Å²) in [5, 5.41) is 1.29. The molecule has 3 atom stereocenters. The van der Waals surface area contributed by atoms with Gasteiger partial charge in [-0.15, -0.1) is 6.58 Å². The lowest BCUT2D eigenvalue weighted by Gasteiger charge is -2.46. The smallest absolute Gasteiger partial charge is 0.312 e. The summed E-state index contributed by atoms with van der Waals surface area (Å²) in [6.07, 6.45) is 13.5. The first-order valence-corrected chi connectivity index (χ1v) is 15.2. The van der Waals surface area contributed by atoms with E-state index in [-0.39, 0.29) is 43.5 Å². The molecule has 2 aromatic carbocycles. The zero-order valence-electron chi connectivity index (χ0n) is 24.8. The number of hydrogen-bond acceptors (Lipinski definition) is 5. The van der Waals surface area contributed by atoms with E-state index in [0.717, 1.165) is 32.1 Å². The fraction of sp³-hybridized carbons (Fsp3) is 0.417. The number of esters is 1. The third kappa shape index (κ3) is 4.61. The Labute approximate surface area is 247 Å². The second kappa shape index (κ2) is 11.0. The minimum atomic E-state index is -0.563. The predicted octanol–water partition coefficient (Wildman–Crippen LogP) is 7.21. The Morgan fingerprint density at radius 3 is 2.67 bits per heavy atom. The van der Waals surface area contributed by atoms with Gasteiger partial charge in [0.05, 0.1) is 5.41 Å². The maximum Gasteiger partial charge on any atom is 0.312 e. The lowest BCUT2D eigenvalue weighted by molar-refractivity contribution is -0.159. The van der Waals surface area contributed by atoms with Crippen molar-refractivity contribution >= 4 is 28.6 Å². The van der Waals surface area contributed by atoms with Crippen molar-refractivity contribution in [1.82, 2.24) is 4.90 Å². The quantitative estimate of drug-likeness (QED) is 0.146. The van der Waals surface area contributed by atoms with Crippen LogP contribution in [0.15, 0.2) is 77.9 Å². The number of ether oxygens (including phenoxy) is 2. The molecule has 2 aromatic rings. The zero-order chi connectivity index (χ0) is 29.6. The highest BCUT2D eigenvalue weighted by Crippen LogP contribution is 2.53. The second-order valence-corrected chi connectivity index (χ2v) is 12.5. The first-order chi connectivity index (χ1) is 20.2. The van der Waals surface area contributed by atoms with E-state index in [1.54, 1.807) is 30.3 Å². The molecule has 218 valence electrons. The van der Waals surface area contributed by atoms with Gasteiger partial charge in [0.1, 0.15) is 19.0 Å². The molecular formula is C36H39NO5. The SMILES string of the molecule is C=CCN1C(=O)c2cccc3c(OCCOC(=O)C4(C)CCC=C5C6CCC(C(C)C)=CC6=CCC54)ccc(c23)C1=O. The van der Waals surface area contributed by atoms with E-state index >= 15 is 0 Å². The van der Waals surface area contributed by atoms with Gasteiger partial charge in [-0.25, -0.2) is 0 Å². The van der Waals surface area contributed by atoms with E-state index in [1.165, 1.54) is 21.6 Å². The fourth-order valence-electron chi connectivity index (χ4n) is 7.37.